The van der Waals surface area contributed by atoms with E-state index in [0.717, 1.165) is 12.3 Å². The van der Waals surface area contributed by atoms with E-state index in [2.05, 4.69) is 5.10 Å². The number of nitrogens with zero attached hydrogens (tertiary/aromatic N) is 3. The van der Waals surface area contributed by atoms with E-state index < -0.39 is 52.4 Å². The van der Waals surface area contributed by atoms with Crippen LogP contribution in [0.3, 0.4) is 0 Å². The molecule has 0 unspecified atom stereocenters. The van der Waals surface area contributed by atoms with Crippen LogP contribution >= 0.6 is 0 Å². The van der Waals surface area contributed by atoms with Gasteiger partial charge in [0.15, 0.2) is 11.6 Å². The molecule has 1 N–H and O–H groups in total. The molecule has 0 aliphatic carbocycles. The maximum Gasteiger partial charge on any atom is 0.313 e. The third kappa shape index (κ3) is 3.53. The Morgan fingerprint density at radius 1 is 1.11 bits per heavy atom. The Labute approximate surface area is 206 Å². The minimum absolute atomic E-state index is 0.0953. The fourth-order valence-electron chi connectivity index (χ4n) is 5.65. The number of amides is 1. The Kier molecular flexibility index (Phi) is 5.73. The van der Waals surface area contributed by atoms with Crippen LogP contribution in [0.15, 0.2) is 59.5 Å². The first kappa shape index (κ1) is 23.8. The van der Waals surface area contributed by atoms with Crippen molar-refractivity contribution in [1.82, 2.24) is 14.7 Å². The summed E-state index contributed by atoms with van der Waals surface area (Å²) in [6.45, 7) is 3.14. The summed E-state index contributed by atoms with van der Waals surface area (Å²) in [6, 6.07) is 11.9. The largest absolute Gasteiger partial charge is 0.481 e. The van der Waals surface area contributed by atoms with Crippen molar-refractivity contribution in [3.63, 3.8) is 0 Å². The van der Waals surface area contributed by atoms with Crippen LogP contribution in [-0.4, -0.2) is 44.3 Å². The van der Waals surface area contributed by atoms with Gasteiger partial charge in [-0.25, -0.2) is 8.78 Å². The molecule has 5 rings (SSSR count). The number of carbonyl (C=O) groups is 2. The van der Waals surface area contributed by atoms with Gasteiger partial charge in [-0.05, 0) is 38.3 Å². The van der Waals surface area contributed by atoms with Gasteiger partial charge in [0, 0.05) is 23.6 Å². The van der Waals surface area contributed by atoms with E-state index in [-0.39, 0.29) is 16.8 Å². The highest BCUT2D eigenvalue weighted by atomic mass is 19.2. The number of carbonyl (C=O) groups excluding carboxylic acids is 1. The van der Waals surface area contributed by atoms with Crippen LogP contribution < -0.4 is 5.43 Å². The fraction of sp³-hybridized carbons (Fsp3) is 0.333. The number of hydrogen-bond acceptors (Lipinski definition) is 4. The highest BCUT2D eigenvalue weighted by Crippen LogP contribution is 2.46. The third-order valence-corrected chi connectivity index (χ3v) is 7.43. The maximum absolute atomic E-state index is 15.3. The van der Waals surface area contributed by atoms with Gasteiger partial charge in [-0.2, -0.15) is 5.10 Å². The topological polar surface area (TPSA) is 92.5 Å². The molecule has 2 aliphatic heterocycles. The van der Waals surface area contributed by atoms with Gasteiger partial charge in [0.05, 0.1) is 23.7 Å². The Bertz CT molecular complexity index is 1420. The van der Waals surface area contributed by atoms with Crippen molar-refractivity contribution in [3.8, 4) is 0 Å². The van der Waals surface area contributed by atoms with Crippen molar-refractivity contribution in [1.29, 1.82) is 0 Å². The molecule has 36 heavy (non-hydrogen) atoms. The highest BCUT2D eigenvalue weighted by Gasteiger charge is 2.50. The van der Waals surface area contributed by atoms with Crippen LogP contribution in [0.1, 0.15) is 65.8 Å². The molecule has 1 fully saturated rings. The van der Waals surface area contributed by atoms with Crippen molar-refractivity contribution in [2.24, 2.45) is 0 Å². The quantitative estimate of drug-likeness (QED) is 0.583. The molecule has 0 saturated carbocycles. The lowest BCUT2D eigenvalue weighted by Gasteiger charge is -2.43. The summed E-state index contributed by atoms with van der Waals surface area (Å²) >= 11 is 0. The van der Waals surface area contributed by atoms with Gasteiger partial charge in [0.2, 0.25) is 5.43 Å². The number of halogens is 2. The summed E-state index contributed by atoms with van der Waals surface area (Å²) in [4.78, 5) is 40.4. The highest BCUT2D eigenvalue weighted by molar-refractivity contribution is 5.97. The van der Waals surface area contributed by atoms with Crippen molar-refractivity contribution in [3.05, 3.63) is 99.0 Å². The second kappa shape index (κ2) is 8.65. The van der Waals surface area contributed by atoms with E-state index >= 15 is 4.39 Å². The Morgan fingerprint density at radius 3 is 2.53 bits per heavy atom. The summed E-state index contributed by atoms with van der Waals surface area (Å²) in [7, 11) is 0. The van der Waals surface area contributed by atoms with Crippen LogP contribution in [-0.2, 0) is 10.2 Å². The molecule has 3 atom stereocenters. The molecule has 9 heteroatoms. The summed E-state index contributed by atoms with van der Waals surface area (Å²) in [6.07, 6.45) is 2.29. The molecule has 1 amide bonds. The molecule has 1 aromatic heterocycles. The second-order valence-corrected chi connectivity index (χ2v) is 9.84. The molecule has 186 valence electrons. The van der Waals surface area contributed by atoms with Crippen LogP contribution in [0.25, 0.3) is 0 Å². The summed E-state index contributed by atoms with van der Waals surface area (Å²) in [5.74, 6) is -4.51. The van der Waals surface area contributed by atoms with Crippen LogP contribution in [0.2, 0.25) is 0 Å². The molecular weight excluding hydrogens is 468 g/mol. The minimum atomic E-state index is -1.68. The average Bonchev–Trinajstić information content (AvgIpc) is 3.34. The first-order valence-corrected chi connectivity index (χ1v) is 11.8. The fourth-order valence-corrected chi connectivity index (χ4v) is 5.65. The minimum Gasteiger partial charge on any atom is -0.481 e. The van der Waals surface area contributed by atoms with Crippen molar-refractivity contribution in [2.45, 2.75) is 50.1 Å². The van der Waals surface area contributed by atoms with E-state index in [4.69, 9.17) is 0 Å². The lowest BCUT2D eigenvalue weighted by atomic mass is 9.78. The van der Waals surface area contributed by atoms with Gasteiger partial charge in [-0.3, -0.25) is 19.1 Å². The Morgan fingerprint density at radius 2 is 1.83 bits per heavy atom. The Hall–Kier alpha value is -3.88. The number of aromatic nitrogens is 2. The maximum atomic E-state index is 15.3. The van der Waals surface area contributed by atoms with E-state index in [1.807, 2.05) is 6.07 Å². The van der Waals surface area contributed by atoms with Crippen molar-refractivity contribution in [2.75, 3.05) is 6.54 Å². The molecule has 0 spiro atoms. The van der Waals surface area contributed by atoms with Gasteiger partial charge < -0.3 is 10.0 Å². The number of hydrogen-bond donors (Lipinski definition) is 1. The first-order valence-electron chi connectivity index (χ1n) is 11.8. The SMILES string of the molecule is CC(C)(C(=O)O)c1c2n(ncc1=O)[C@@H]([C@H](c1ccccc1)c1cccc(F)c1F)[C@H]1CCCN1C2=O. The monoisotopic (exact) mass is 493 g/mol. The second-order valence-electron chi connectivity index (χ2n) is 9.84. The lowest BCUT2D eigenvalue weighted by molar-refractivity contribution is -0.142. The average molecular weight is 494 g/mol. The zero-order valence-corrected chi connectivity index (χ0v) is 19.8. The molecule has 2 aliphatic rings. The van der Waals surface area contributed by atoms with Gasteiger partial charge in [0.25, 0.3) is 5.91 Å². The van der Waals surface area contributed by atoms with Gasteiger partial charge in [-0.1, -0.05) is 42.5 Å². The summed E-state index contributed by atoms with van der Waals surface area (Å²) < 4.78 is 31.1. The number of benzene rings is 2. The normalized spacial score (nSPS) is 20.1. The molecule has 0 bridgehead atoms. The number of rotatable bonds is 5. The van der Waals surface area contributed by atoms with Gasteiger partial charge >= 0.3 is 5.97 Å². The molecule has 1 saturated heterocycles. The van der Waals surface area contributed by atoms with Gasteiger partial charge in [0.1, 0.15) is 5.69 Å². The van der Waals surface area contributed by atoms with Gasteiger partial charge in [-0.15, -0.1) is 0 Å². The van der Waals surface area contributed by atoms with Crippen molar-refractivity contribution < 1.29 is 23.5 Å². The standard InChI is InChI=1S/C27H25F2N3O4/c1-27(2,26(35)36)21-19(33)14-30-32-23(18-12-7-13-31(18)25(34)24(21)32)20(15-8-4-3-5-9-15)16-10-6-11-17(28)22(16)29/h3-6,8-11,14,18,20,23H,7,12-13H2,1-2H3,(H,35,36)/t18-,20-,23-/m1/s1. The number of carboxylic acids is 1. The molecular formula is C27H25F2N3O4. The number of aliphatic carboxylic acids is 1. The predicted octanol–water partition coefficient (Wildman–Crippen LogP) is 3.88. The molecule has 7 nitrogen and oxygen atoms in total. The summed E-state index contributed by atoms with van der Waals surface area (Å²) in [5.41, 5.74) is -1.85. The van der Waals surface area contributed by atoms with Crippen LogP contribution in [0.5, 0.6) is 0 Å². The Balaban J connectivity index is 1.85. The van der Waals surface area contributed by atoms with Crippen molar-refractivity contribution >= 4 is 11.9 Å². The number of carboxylic acid groups (broad SMARTS) is 1. The third-order valence-electron chi connectivity index (χ3n) is 7.43. The van der Waals surface area contributed by atoms with E-state index in [9.17, 15) is 23.9 Å². The van der Waals surface area contributed by atoms with Crippen LogP contribution in [0, 0.1) is 11.6 Å². The molecule has 2 aromatic carbocycles. The molecule has 3 aromatic rings. The predicted molar refractivity (Wildman–Crippen MR) is 127 cm³/mol. The first-order chi connectivity index (χ1) is 17.1. The molecule has 0 radical (unpaired) electrons. The van der Waals surface area contributed by atoms with E-state index in [0.29, 0.717) is 24.9 Å². The zero-order valence-electron chi connectivity index (χ0n) is 19.8. The number of fused-ring (bicyclic) bond motifs is 2. The molecule has 3 heterocycles. The smallest absolute Gasteiger partial charge is 0.313 e. The van der Waals surface area contributed by atoms with E-state index in [1.165, 1.54) is 30.7 Å². The lowest BCUT2D eigenvalue weighted by Crippen LogP contribution is -2.53. The zero-order chi connectivity index (χ0) is 25.8. The van der Waals surface area contributed by atoms with E-state index in [1.54, 1.807) is 29.2 Å². The van der Waals surface area contributed by atoms with Crippen LogP contribution in [0.4, 0.5) is 8.78 Å². The summed E-state index contributed by atoms with van der Waals surface area (Å²) in [5, 5.41) is 14.2.